The van der Waals surface area contributed by atoms with E-state index in [1.165, 1.54) is 12.1 Å². The van der Waals surface area contributed by atoms with E-state index in [0.717, 1.165) is 33.8 Å². The molecular weight excluding hydrogens is 353 g/mol. The highest BCUT2D eigenvalue weighted by molar-refractivity contribution is 5.92. The molecule has 4 aromatic rings. The molecule has 4 nitrogen and oxygen atoms in total. The Kier molecular flexibility index (Phi) is 4.49. The second kappa shape index (κ2) is 7.12. The number of amides is 1. The summed E-state index contributed by atoms with van der Waals surface area (Å²) in [5.41, 5.74) is 11.4. The van der Waals surface area contributed by atoms with Crippen LogP contribution in [0.4, 0.5) is 4.39 Å². The summed E-state index contributed by atoms with van der Waals surface area (Å²) in [6.45, 7) is 1.94. The van der Waals surface area contributed by atoms with Crippen LogP contribution in [0.3, 0.4) is 0 Å². The fourth-order valence-corrected chi connectivity index (χ4v) is 3.14. The van der Waals surface area contributed by atoms with Crippen molar-refractivity contribution in [3.05, 3.63) is 95.9 Å². The maximum atomic E-state index is 13.1. The standard InChI is InChI=1S/C23H18FN3O/c1-15-14-22(27(26-15)21-12-8-19(9-13-21)23(25)28)18-4-2-16(3-5-18)17-6-10-20(24)11-7-17/h2-14H,1H3,(H2,25,28). The number of rotatable bonds is 4. The zero-order valence-electron chi connectivity index (χ0n) is 15.3. The molecule has 0 bridgehead atoms. The molecule has 28 heavy (non-hydrogen) atoms. The summed E-state index contributed by atoms with van der Waals surface area (Å²) in [6, 6.07) is 23.5. The van der Waals surface area contributed by atoms with Gasteiger partial charge in [-0.3, -0.25) is 4.79 Å². The van der Waals surface area contributed by atoms with Crippen LogP contribution in [0.25, 0.3) is 28.1 Å². The van der Waals surface area contributed by atoms with Crippen LogP contribution >= 0.6 is 0 Å². The summed E-state index contributed by atoms with van der Waals surface area (Å²) in [4.78, 5) is 11.3. The summed E-state index contributed by atoms with van der Waals surface area (Å²) in [7, 11) is 0. The zero-order chi connectivity index (χ0) is 19.7. The van der Waals surface area contributed by atoms with Crippen molar-refractivity contribution in [2.24, 2.45) is 5.73 Å². The first kappa shape index (κ1) is 17.7. The van der Waals surface area contributed by atoms with E-state index >= 15 is 0 Å². The fourth-order valence-electron chi connectivity index (χ4n) is 3.14. The molecule has 1 aromatic heterocycles. The number of carbonyl (C=O) groups is 1. The average molecular weight is 371 g/mol. The summed E-state index contributed by atoms with van der Waals surface area (Å²) < 4.78 is 15.0. The van der Waals surface area contributed by atoms with Gasteiger partial charge in [-0.15, -0.1) is 0 Å². The molecule has 1 amide bonds. The molecule has 0 fully saturated rings. The minimum absolute atomic E-state index is 0.248. The lowest BCUT2D eigenvalue weighted by atomic mass is 10.0. The van der Waals surface area contributed by atoms with Crippen molar-refractivity contribution in [1.29, 1.82) is 0 Å². The molecule has 0 spiro atoms. The van der Waals surface area contributed by atoms with Gasteiger partial charge in [0.15, 0.2) is 0 Å². The van der Waals surface area contributed by atoms with Crippen LogP contribution < -0.4 is 5.73 Å². The van der Waals surface area contributed by atoms with E-state index in [2.05, 4.69) is 5.10 Å². The van der Waals surface area contributed by atoms with E-state index in [-0.39, 0.29) is 5.82 Å². The van der Waals surface area contributed by atoms with E-state index in [1.807, 2.05) is 54.1 Å². The number of benzene rings is 3. The van der Waals surface area contributed by atoms with Crippen LogP contribution in [0.2, 0.25) is 0 Å². The lowest BCUT2D eigenvalue weighted by Crippen LogP contribution is -2.10. The molecule has 0 unspecified atom stereocenters. The Morgan fingerprint density at radius 3 is 1.96 bits per heavy atom. The normalized spacial score (nSPS) is 10.8. The number of aromatic nitrogens is 2. The SMILES string of the molecule is Cc1cc(-c2ccc(-c3ccc(F)cc3)cc2)n(-c2ccc(C(N)=O)cc2)n1. The fraction of sp³-hybridized carbons (Fsp3) is 0.0435. The number of hydrogen-bond acceptors (Lipinski definition) is 2. The number of nitrogens with two attached hydrogens (primary N) is 1. The first-order chi connectivity index (χ1) is 13.5. The molecule has 0 saturated carbocycles. The van der Waals surface area contributed by atoms with Gasteiger partial charge in [0, 0.05) is 11.1 Å². The van der Waals surface area contributed by atoms with Crippen molar-refractivity contribution in [1.82, 2.24) is 9.78 Å². The van der Waals surface area contributed by atoms with Crippen molar-refractivity contribution < 1.29 is 9.18 Å². The summed E-state index contributed by atoms with van der Waals surface area (Å²) in [6.07, 6.45) is 0. The monoisotopic (exact) mass is 371 g/mol. The molecule has 0 atom stereocenters. The van der Waals surface area contributed by atoms with E-state index < -0.39 is 5.91 Å². The lowest BCUT2D eigenvalue weighted by molar-refractivity contribution is 0.100. The van der Waals surface area contributed by atoms with Gasteiger partial charge in [-0.1, -0.05) is 36.4 Å². The second-order valence-electron chi connectivity index (χ2n) is 6.58. The van der Waals surface area contributed by atoms with Gasteiger partial charge in [-0.25, -0.2) is 9.07 Å². The van der Waals surface area contributed by atoms with Gasteiger partial charge in [0.05, 0.1) is 17.1 Å². The molecule has 2 N–H and O–H groups in total. The van der Waals surface area contributed by atoms with Gasteiger partial charge in [-0.05, 0) is 60.5 Å². The Morgan fingerprint density at radius 2 is 1.39 bits per heavy atom. The quantitative estimate of drug-likeness (QED) is 0.563. The van der Waals surface area contributed by atoms with E-state index in [0.29, 0.717) is 5.56 Å². The van der Waals surface area contributed by atoms with Crippen LogP contribution in [0.5, 0.6) is 0 Å². The van der Waals surface area contributed by atoms with Gasteiger partial charge in [0.2, 0.25) is 5.91 Å². The van der Waals surface area contributed by atoms with Gasteiger partial charge >= 0.3 is 0 Å². The average Bonchev–Trinajstić information content (AvgIpc) is 3.10. The molecule has 0 aliphatic carbocycles. The highest BCUT2D eigenvalue weighted by Crippen LogP contribution is 2.27. The van der Waals surface area contributed by atoms with Crippen molar-refractivity contribution in [2.75, 3.05) is 0 Å². The maximum Gasteiger partial charge on any atom is 0.248 e. The third kappa shape index (κ3) is 3.42. The molecule has 0 aliphatic rings. The summed E-state index contributed by atoms with van der Waals surface area (Å²) in [5.74, 6) is -0.707. The Hall–Kier alpha value is -3.73. The topological polar surface area (TPSA) is 60.9 Å². The largest absolute Gasteiger partial charge is 0.366 e. The van der Waals surface area contributed by atoms with Crippen molar-refractivity contribution in [3.8, 4) is 28.1 Å². The number of hydrogen-bond donors (Lipinski definition) is 1. The maximum absolute atomic E-state index is 13.1. The van der Waals surface area contributed by atoms with Crippen molar-refractivity contribution in [2.45, 2.75) is 6.92 Å². The predicted octanol–water partition coefficient (Wildman–Crippen LogP) is 4.75. The number of halogens is 1. The Labute approximate surface area is 162 Å². The molecule has 4 rings (SSSR count). The molecule has 138 valence electrons. The first-order valence-corrected chi connectivity index (χ1v) is 8.84. The van der Waals surface area contributed by atoms with Gasteiger partial charge in [0.25, 0.3) is 0 Å². The van der Waals surface area contributed by atoms with Crippen LogP contribution in [0.15, 0.2) is 78.9 Å². The number of aryl methyl sites for hydroxylation is 1. The third-order valence-corrected chi connectivity index (χ3v) is 4.59. The predicted molar refractivity (Wildman–Crippen MR) is 108 cm³/mol. The smallest absolute Gasteiger partial charge is 0.248 e. The Balaban J connectivity index is 1.70. The van der Waals surface area contributed by atoms with Crippen molar-refractivity contribution >= 4 is 5.91 Å². The summed E-state index contributed by atoms with van der Waals surface area (Å²) >= 11 is 0. The number of carbonyl (C=O) groups excluding carboxylic acids is 1. The van der Waals surface area contributed by atoms with Gasteiger partial charge < -0.3 is 5.73 Å². The molecule has 0 radical (unpaired) electrons. The zero-order valence-corrected chi connectivity index (χ0v) is 15.3. The molecule has 1 heterocycles. The van der Waals surface area contributed by atoms with Crippen LogP contribution in [0.1, 0.15) is 16.1 Å². The number of primary amides is 1. The number of nitrogens with zero attached hydrogens (tertiary/aromatic N) is 2. The Bertz CT molecular complexity index is 1130. The van der Waals surface area contributed by atoms with E-state index in [4.69, 9.17) is 5.73 Å². The summed E-state index contributed by atoms with van der Waals surface area (Å²) in [5, 5.41) is 4.58. The third-order valence-electron chi connectivity index (χ3n) is 4.59. The van der Waals surface area contributed by atoms with E-state index in [1.54, 1.807) is 24.3 Å². The molecule has 0 aliphatic heterocycles. The molecule has 0 saturated heterocycles. The molecule has 3 aromatic carbocycles. The minimum atomic E-state index is -0.459. The van der Waals surface area contributed by atoms with E-state index in [9.17, 15) is 9.18 Å². The second-order valence-corrected chi connectivity index (χ2v) is 6.58. The van der Waals surface area contributed by atoms with Gasteiger partial charge in [-0.2, -0.15) is 5.10 Å². The lowest BCUT2D eigenvalue weighted by Gasteiger charge is -2.09. The van der Waals surface area contributed by atoms with Crippen molar-refractivity contribution in [3.63, 3.8) is 0 Å². The van der Waals surface area contributed by atoms with Crippen LogP contribution in [-0.4, -0.2) is 15.7 Å². The first-order valence-electron chi connectivity index (χ1n) is 8.84. The van der Waals surface area contributed by atoms with Crippen LogP contribution in [-0.2, 0) is 0 Å². The highest BCUT2D eigenvalue weighted by Gasteiger charge is 2.11. The molecule has 5 heteroatoms. The highest BCUT2D eigenvalue weighted by atomic mass is 19.1. The Morgan fingerprint density at radius 1 is 0.857 bits per heavy atom. The van der Waals surface area contributed by atoms with Gasteiger partial charge in [0.1, 0.15) is 5.82 Å². The van der Waals surface area contributed by atoms with Crippen LogP contribution in [0, 0.1) is 12.7 Å². The minimum Gasteiger partial charge on any atom is -0.366 e. The molecular formula is C23H18FN3O.